The zero-order valence-electron chi connectivity index (χ0n) is 21.8. The van der Waals surface area contributed by atoms with Gasteiger partial charge >= 0.3 is 12.1 Å². The number of nitrogens with one attached hydrogen (secondary N) is 2. The molecule has 5 rings (SSSR count). The SMILES string of the molecule is Cc1ccc(-c2c(C(F)(F)F)ccc3c2NC(=O)C3=NNc2cc(F)cc(-c3ccc(F)c(C(=O)O)c3)c2O)cc1C. The van der Waals surface area contributed by atoms with E-state index in [2.05, 4.69) is 15.8 Å². The summed E-state index contributed by atoms with van der Waals surface area (Å²) in [7, 11) is 0. The Bertz CT molecular complexity index is 1830. The van der Waals surface area contributed by atoms with Gasteiger partial charge in [0.15, 0.2) is 5.71 Å². The summed E-state index contributed by atoms with van der Waals surface area (Å²) < 4.78 is 70.5. The largest absolute Gasteiger partial charge is 0.505 e. The summed E-state index contributed by atoms with van der Waals surface area (Å²) >= 11 is 0. The number of hydrazone groups is 1. The smallest absolute Gasteiger partial charge is 0.417 e. The Morgan fingerprint density at radius 2 is 1.62 bits per heavy atom. The predicted octanol–water partition coefficient (Wildman–Crippen LogP) is 7.11. The van der Waals surface area contributed by atoms with Gasteiger partial charge in [0.2, 0.25) is 0 Å². The van der Waals surface area contributed by atoms with Crippen molar-refractivity contribution in [3.63, 3.8) is 0 Å². The van der Waals surface area contributed by atoms with E-state index in [1.54, 1.807) is 19.1 Å². The highest BCUT2D eigenvalue weighted by molar-refractivity contribution is 6.54. The maximum Gasteiger partial charge on any atom is 0.417 e. The van der Waals surface area contributed by atoms with Gasteiger partial charge in [-0.15, -0.1) is 0 Å². The highest BCUT2D eigenvalue weighted by Gasteiger charge is 2.39. The Labute approximate surface area is 234 Å². The van der Waals surface area contributed by atoms with Crippen LogP contribution in [-0.4, -0.2) is 27.8 Å². The van der Waals surface area contributed by atoms with E-state index in [0.29, 0.717) is 0 Å². The number of carbonyl (C=O) groups excluding carboxylic acids is 1. The number of hydrogen-bond acceptors (Lipinski definition) is 5. The number of rotatable bonds is 5. The number of carboxylic acid groups (broad SMARTS) is 1. The van der Waals surface area contributed by atoms with Crippen LogP contribution in [0.25, 0.3) is 22.3 Å². The average molecular weight is 581 g/mol. The van der Waals surface area contributed by atoms with E-state index in [-0.39, 0.29) is 44.9 Å². The second kappa shape index (κ2) is 10.3. The fraction of sp³-hybridized carbons (Fsp3) is 0.100. The molecule has 42 heavy (non-hydrogen) atoms. The molecule has 0 unspecified atom stereocenters. The van der Waals surface area contributed by atoms with Crippen molar-refractivity contribution in [2.24, 2.45) is 5.10 Å². The number of carboxylic acids is 1. The molecule has 1 amide bonds. The average Bonchev–Trinajstić information content (AvgIpc) is 3.24. The number of aromatic carboxylic acids is 1. The molecule has 0 fully saturated rings. The Balaban J connectivity index is 1.59. The van der Waals surface area contributed by atoms with Crippen molar-refractivity contribution < 1.29 is 41.8 Å². The number of aryl methyl sites for hydroxylation is 2. The van der Waals surface area contributed by atoms with Gasteiger partial charge in [0.25, 0.3) is 5.91 Å². The Morgan fingerprint density at radius 1 is 0.905 bits per heavy atom. The van der Waals surface area contributed by atoms with Crippen LogP contribution in [0.5, 0.6) is 5.75 Å². The second-order valence-corrected chi connectivity index (χ2v) is 9.58. The number of nitrogens with zero attached hydrogens (tertiary/aromatic N) is 1. The number of hydrogen-bond donors (Lipinski definition) is 4. The van der Waals surface area contributed by atoms with Crippen molar-refractivity contribution in [3.05, 3.63) is 100 Å². The van der Waals surface area contributed by atoms with Crippen LogP contribution in [0.15, 0.2) is 65.8 Å². The normalized spacial score (nSPS) is 13.7. The molecule has 7 nitrogen and oxygen atoms in total. The lowest BCUT2D eigenvalue weighted by molar-refractivity contribution is -0.137. The molecule has 12 heteroatoms. The molecule has 0 aromatic heterocycles. The number of amides is 1. The molecule has 0 saturated heterocycles. The topological polar surface area (TPSA) is 111 Å². The van der Waals surface area contributed by atoms with E-state index >= 15 is 0 Å². The van der Waals surface area contributed by atoms with E-state index in [1.807, 2.05) is 6.92 Å². The van der Waals surface area contributed by atoms with E-state index in [1.165, 1.54) is 6.07 Å². The van der Waals surface area contributed by atoms with Gasteiger partial charge in [0.05, 0.1) is 16.8 Å². The fourth-order valence-corrected chi connectivity index (χ4v) is 4.65. The summed E-state index contributed by atoms with van der Waals surface area (Å²) in [6.45, 7) is 3.56. The lowest BCUT2D eigenvalue weighted by Crippen LogP contribution is -2.16. The molecule has 4 aromatic rings. The number of phenols is 1. The van der Waals surface area contributed by atoms with Crippen molar-refractivity contribution in [2.75, 3.05) is 10.7 Å². The number of carbonyl (C=O) groups is 2. The minimum atomic E-state index is -4.74. The molecular formula is C30H20F5N3O4. The first-order valence-corrected chi connectivity index (χ1v) is 12.3. The van der Waals surface area contributed by atoms with Crippen LogP contribution in [0.2, 0.25) is 0 Å². The predicted molar refractivity (Wildman–Crippen MR) is 146 cm³/mol. The monoisotopic (exact) mass is 581 g/mol. The van der Waals surface area contributed by atoms with Crippen molar-refractivity contribution in [2.45, 2.75) is 20.0 Å². The van der Waals surface area contributed by atoms with Gasteiger partial charge in [-0.1, -0.05) is 24.3 Å². The number of phenolic OH excluding ortho intramolecular Hbond substituents is 1. The zero-order valence-corrected chi connectivity index (χ0v) is 21.8. The summed E-state index contributed by atoms with van der Waals surface area (Å²) in [5.74, 6) is -4.95. The van der Waals surface area contributed by atoms with Gasteiger partial charge in [-0.25, -0.2) is 13.6 Å². The number of anilines is 2. The van der Waals surface area contributed by atoms with Crippen molar-refractivity contribution in [3.8, 4) is 28.0 Å². The third kappa shape index (κ3) is 5.02. The van der Waals surface area contributed by atoms with Crippen molar-refractivity contribution >= 4 is 29.0 Å². The quantitative estimate of drug-likeness (QED) is 0.114. The lowest BCUT2D eigenvalue weighted by atomic mass is 9.92. The Hall–Kier alpha value is -5.26. The van der Waals surface area contributed by atoms with Crippen LogP contribution in [0.3, 0.4) is 0 Å². The molecular weight excluding hydrogens is 561 g/mol. The number of fused-ring (bicyclic) bond motifs is 1. The minimum Gasteiger partial charge on any atom is -0.505 e. The van der Waals surface area contributed by atoms with Crippen LogP contribution in [0, 0.1) is 25.5 Å². The van der Waals surface area contributed by atoms with Gasteiger partial charge < -0.3 is 15.5 Å². The fourth-order valence-electron chi connectivity index (χ4n) is 4.65. The van der Waals surface area contributed by atoms with E-state index in [9.17, 15) is 41.8 Å². The molecule has 0 bridgehead atoms. The molecule has 1 aliphatic rings. The maximum absolute atomic E-state index is 14.5. The first-order valence-electron chi connectivity index (χ1n) is 12.3. The summed E-state index contributed by atoms with van der Waals surface area (Å²) in [5.41, 5.74) is 1.30. The zero-order chi connectivity index (χ0) is 30.5. The van der Waals surface area contributed by atoms with Crippen LogP contribution in [0.4, 0.5) is 33.3 Å². The van der Waals surface area contributed by atoms with Crippen LogP contribution < -0.4 is 10.7 Å². The third-order valence-corrected chi connectivity index (χ3v) is 6.89. The van der Waals surface area contributed by atoms with E-state index in [4.69, 9.17) is 0 Å². The first-order chi connectivity index (χ1) is 19.8. The summed E-state index contributed by atoms with van der Waals surface area (Å²) in [5, 5.41) is 26.4. The van der Waals surface area contributed by atoms with Gasteiger partial charge in [0, 0.05) is 22.8 Å². The van der Waals surface area contributed by atoms with Crippen molar-refractivity contribution in [1.82, 2.24) is 0 Å². The highest BCUT2D eigenvalue weighted by atomic mass is 19.4. The van der Waals surface area contributed by atoms with Gasteiger partial charge in [-0.3, -0.25) is 10.2 Å². The van der Waals surface area contributed by atoms with Gasteiger partial charge in [-0.05, 0) is 66.4 Å². The second-order valence-electron chi connectivity index (χ2n) is 9.58. The highest BCUT2D eigenvalue weighted by Crippen LogP contribution is 2.45. The molecule has 0 atom stereocenters. The van der Waals surface area contributed by atoms with E-state index < -0.39 is 46.6 Å². The maximum atomic E-state index is 14.5. The third-order valence-electron chi connectivity index (χ3n) is 6.89. The lowest BCUT2D eigenvalue weighted by Gasteiger charge is -2.17. The summed E-state index contributed by atoms with van der Waals surface area (Å²) in [4.78, 5) is 24.2. The van der Waals surface area contributed by atoms with E-state index in [0.717, 1.165) is 53.6 Å². The standard InChI is InChI=1S/C30H20F5N3O4/c1-13-3-4-16(9-14(13)2)24-21(30(33,34)35)7-6-18-25(24)36-28(40)26(18)38-37-23-12-17(31)11-19(27(23)39)15-5-8-22(32)20(10-15)29(41)42/h3-12,37,39H,1-2H3,(H,41,42)(H,36,38,40). The number of aromatic hydroxyl groups is 1. The first kappa shape index (κ1) is 28.3. The summed E-state index contributed by atoms with van der Waals surface area (Å²) in [6, 6.07) is 11.3. The molecule has 0 radical (unpaired) electrons. The molecule has 0 spiro atoms. The number of benzene rings is 4. The van der Waals surface area contributed by atoms with Gasteiger partial charge in [-0.2, -0.15) is 18.3 Å². The Kier molecular flexibility index (Phi) is 6.93. The molecule has 1 aliphatic heterocycles. The molecule has 4 N–H and O–H groups in total. The molecule has 0 saturated carbocycles. The molecule has 1 heterocycles. The number of halogens is 5. The van der Waals surface area contributed by atoms with Crippen LogP contribution in [-0.2, 0) is 11.0 Å². The summed E-state index contributed by atoms with van der Waals surface area (Å²) in [6.07, 6.45) is -4.74. The van der Waals surface area contributed by atoms with Gasteiger partial charge in [0.1, 0.15) is 23.1 Å². The molecule has 4 aromatic carbocycles. The van der Waals surface area contributed by atoms with Crippen LogP contribution in [0.1, 0.15) is 32.6 Å². The number of alkyl halides is 3. The Morgan fingerprint density at radius 3 is 2.29 bits per heavy atom. The molecule has 214 valence electrons. The van der Waals surface area contributed by atoms with Crippen molar-refractivity contribution in [1.29, 1.82) is 0 Å². The minimum absolute atomic E-state index is 0.0248. The van der Waals surface area contributed by atoms with Crippen LogP contribution >= 0.6 is 0 Å². The molecule has 0 aliphatic carbocycles.